The van der Waals surface area contributed by atoms with Gasteiger partial charge in [0.2, 0.25) is 0 Å². The Balaban J connectivity index is 1.49. The van der Waals surface area contributed by atoms with Crippen LogP contribution in [0.4, 0.5) is 0 Å². The van der Waals surface area contributed by atoms with Crippen LogP contribution in [-0.4, -0.2) is 6.61 Å². The van der Waals surface area contributed by atoms with Gasteiger partial charge in [-0.1, -0.05) is 81.8 Å². The molecule has 3 rings (SSSR count). The molecule has 1 nitrogen and oxygen atoms in total. The van der Waals surface area contributed by atoms with Gasteiger partial charge in [0, 0.05) is 0 Å². The Bertz CT molecular complexity index is 633. The molecule has 1 fully saturated rings. The highest BCUT2D eigenvalue weighted by Crippen LogP contribution is 2.34. The summed E-state index contributed by atoms with van der Waals surface area (Å²) in [5, 5.41) is 0. The zero-order valence-electron chi connectivity index (χ0n) is 16.5. The van der Waals surface area contributed by atoms with Crippen molar-refractivity contribution >= 4 is 0 Å². The Morgan fingerprint density at radius 3 is 1.81 bits per heavy atom. The zero-order valence-corrected chi connectivity index (χ0v) is 16.5. The molecule has 0 heterocycles. The van der Waals surface area contributed by atoms with Crippen LogP contribution >= 0.6 is 0 Å². The Morgan fingerprint density at radius 1 is 0.731 bits per heavy atom. The molecule has 0 atom stereocenters. The molecule has 0 aromatic heterocycles. The lowest BCUT2D eigenvalue weighted by atomic mass is 9.78. The van der Waals surface area contributed by atoms with E-state index in [1.165, 1.54) is 68.1 Å². The maximum atomic E-state index is 5.53. The smallest absolute Gasteiger partial charge is 0.119 e. The van der Waals surface area contributed by atoms with Crippen LogP contribution < -0.4 is 4.74 Å². The van der Waals surface area contributed by atoms with Crippen molar-refractivity contribution in [3.8, 4) is 16.9 Å². The first-order valence-electron chi connectivity index (χ1n) is 10.6. The summed E-state index contributed by atoms with van der Waals surface area (Å²) in [6.45, 7) is 5.06. The monoisotopic (exact) mass is 350 g/mol. The summed E-state index contributed by atoms with van der Waals surface area (Å²) in [6, 6.07) is 17.6. The fourth-order valence-electron chi connectivity index (χ4n) is 4.36. The molecule has 0 radical (unpaired) electrons. The molecule has 1 aliphatic carbocycles. The summed E-state index contributed by atoms with van der Waals surface area (Å²) in [6.07, 6.45) is 11.2. The first-order chi connectivity index (χ1) is 12.8. The summed E-state index contributed by atoms with van der Waals surface area (Å²) in [5.41, 5.74) is 4.03. The number of rotatable bonds is 8. The summed E-state index contributed by atoms with van der Waals surface area (Å²) in [7, 11) is 0. The molecule has 1 saturated carbocycles. The van der Waals surface area contributed by atoms with Gasteiger partial charge in [-0.15, -0.1) is 0 Å². The van der Waals surface area contributed by atoms with E-state index in [9.17, 15) is 0 Å². The Kier molecular flexibility index (Phi) is 7.17. The van der Waals surface area contributed by atoms with E-state index in [4.69, 9.17) is 4.74 Å². The van der Waals surface area contributed by atoms with E-state index in [2.05, 4.69) is 55.5 Å². The normalized spacial score (nSPS) is 20.1. The molecule has 2 aromatic carbocycles. The lowest BCUT2D eigenvalue weighted by Gasteiger charge is -2.28. The SMILES string of the molecule is CCCC1CCC(CCc2ccc(-c3ccc(OCC)cc3)cc2)CC1. The van der Waals surface area contributed by atoms with Crippen LogP contribution in [0.1, 0.15) is 64.4 Å². The predicted octanol–water partition coefficient (Wildman–Crippen LogP) is 7.29. The minimum atomic E-state index is 0.717. The van der Waals surface area contributed by atoms with Gasteiger partial charge >= 0.3 is 0 Å². The molecule has 0 unspecified atom stereocenters. The third-order valence-corrected chi connectivity index (χ3v) is 5.96. The average molecular weight is 351 g/mol. The first-order valence-corrected chi connectivity index (χ1v) is 10.6. The third kappa shape index (κ3) is 5.37. The lowest BCUT2D eigenvalue weighted by Crippen LogP contribution is -2.15. The van der Waals surface area contributed by atoms with Crippen molar-refractivity contribution in [3.05, 3.63) is 54.1 Å². The minimum Gasteiger partial charge on any atom is -0.494 e. The van der Waals surface area contributed by atoms with E-state index in [0.717, 1.165) is 17.6 Å². The van der Waals surface area contributed by atoms with Crippen molar-refractivity contribution in [2.24, 2.45) is 11.8 Å². The average Bonchev–Trinajstić information content (AvgIpc) is 2.69. The minimum absolute atomic E-state index is 0.717. The Hall–Kier alpha value is -1.76. The van der Waals surface area contributed by atoms with Gasteiger partial charge in [-0.05, 0) is 60.4 Å². The molecule has 1 heteroatoms. The molecule has 0 N–H and O–H groups in total. The van der Waals surface area contributed by atoms with Crippen LogP contribution in [0.25, 0.3) is 11.1 Å². The maximum Gasteiger partial charge on any atom is 0.119 e. The number of aryl methyl sites for hydroxylation is 1. The van der Waals surface area contributed by atoms with Crippen molar-refractivity contribution in [1.82, 2.24) is 0 Å². The van der Waals surface area contributed by atoms with Crippen LogP contribution in [0.5, 0.6) is 5.75 Å². The van der Waals surface area contributed by atoms with E-state index in [1.54, 1.807) is 0 Å². The second-order valence-electron chi connectivity index (χ2n) is 7.87. The molecule has 0 amide bonds. The second-order valence-corrected chi connectivity index (χ2v) is 7.87. The van der Waals surface area contributed by atoms with Gasteiger partial charge in [-0.25, -0.2) is 0 Å². The van der Waals surface area contributed by atoms with Crippen LogP contribution in [0.3, 0.4) is 0 Å². The molecular formula is C25H34O. The topological polar surface area (TPSA) is 9.23 Å². The summed E-state index contributed by atoms with van der Waals surface area (Å²) < 4.78 is 5.53. The van der Waals surface area contributed by atoms with Crippen LogP contribution in [0.15, 0.2) is 48.5 Å². The van der Waals surface area contributed by atoms with Gasteiger partial charge in [0.25, 0.3) is 0 Å². The van der Waals surface area contributed by atoms with Gasteiger partial charge in [-0.3, -0.25) is 0 Å². The van der Waals surface area contributed by atoms with Gasteiger partial charge in [0.1, 0.15) is 5.75 Å². The van der Waals surface area contributed by atoms with E-state index in [0.29, 0.717) is 6.61 Å². The van der Waals surface area contributed by atoms with Gasteiger partial charge in [-0.2, -0.15) is 0 Å². The highest BCUT2D eigenvalue weighted by Gasteiger charge is 2.20. The quantitative estimate of drug-likeness (QED) is 0.485. The molecule has 2 aromatic rings. The molecule has 140 valence electrons. The molecule has 26 heavy (non-hydrogen) atoms. The van der Waals surface area contributed by atoms with E-state index in [-0.39, 0.29) is 0 Å². The Morgan fingerprint density at radius 2 is 1.27 bits per heavy atom. The molecule has 0 saturated heterocycles. The fourth-order valence-corrected chi connectivity index (χ4v) is 4.36. The van der Waals surface area contributed by atoms with Crippen LogP contribution in [0.2, 0.25) is 0 Å². The van der Waals surface area contributed by atoms with E-state index < -0.39 is 0 Å². The molecule has 0 aliphatic heterocycles. The predicted molar refractivity (Wildman–Crippen MR) is 112 cm³/mol. The maximum absolute atomic E-state index is 5.53. The van der Waals surface area contributed by atoms with Crippen molar-refractivity contribution in [2.75, 3.05) is 6.61 Å². The largest absolute Gasteiger partial charge is 0.494 e. The highest BCUT2D eigenvalue weighted by atomic mass is 16.5. The summed E-state index contributed by atoms with van der Waals surface area (Å²) in [5.74, 6) is 2.92. The Labute approximate surface area is 159 Å². The number of hydrogen-bond acceptors (Lipinski definition) is 1. The van der Waals surface area contributed by atoms with Crippen molar-refractivity contribution in [3.63, 3.8) is 0 Å². The molecular weight excluding hydrogens is 316 g/mol. The van der Waals surface area contributed by atoms with Crippen molar-refractivity contribution in [2.45, 2.75) is 65.2 Å². The zero-order chi connectivity index (χ0) is 18.2. The van der Waals surface area contributed by atoms with Gasteiger partial charge < -0.3 is 4.74 Å². The summed E-state index contributed by atoms with van der Waals surface area (Å²) >= 11 is 0. The van der Waals surface area contributed by atoms with Crippen molar-refractivity contribution < 1.29 is 4.74 Å². The fraction of sp³-hybridized carbons (Fsp3) is 0.520. The highest BCUT2D eigenvalue weighted by molar-refractivity contribution is 5.64. The van der Waals surface area contributed by atoms with Gasteiger partial charge in [0.15, 0.2) is 0 Å². The van der Waals surface area contributed by atoms with E-state index >= 15 is 0 Å². The lowest BCUT2D eigenvalue weighted by molar-refractivity contribution is 0.252. The standard InChI is InChI=1S/C25H34O/c1-3-5-20-6-8-21(9-7-20)10-11-22-12-14-23(15-13-22)24-16-18-25(19-17-24)26-4-2/h12-21H,3-11H2,1-2H3. The molecule has 0 spiro atoms. The van der Waals surface area contributed by atoms with Gasteiger partial charge in [0.05, 0.1) is 6.61 Å². The first kappa shape index (κ1) is 19.0. The number of ether oxygens (including phenoxy) is 1. The van der Waals surface area contributed by atoms with Crippen LogP contribution in [0, 0.1) is 11.8 Å². The van der Waals surface area contributed by atoms with E-state index in [1.807, 2.05) is 6.92 Å². The summed E-state index contributed by atoms with van der Waals surface area (Å²) in [4.78, 5) is 0. The molecule has 1 aliphatic rings. The third-order valence-electron chi connectivity index (χ3n) is 5.96. The number of hydrogen-bond donors (Lipinski definition) is 0. The van der Waals surface area contributed by atoms with Crippen molar-refractivity contribution in [1.29, 1.82) is 0 Å². The molecule has 0 bridgehead atoms. The second kappa shape index (κ2) is 9.80. The number of benzene rings is 2. The van der Waals surface area contributed by atoms with Crippen LogP contribution in [-0.2, 0) is 6.42 Å².